The lowest BCUT2D eigenvalue weighted by atomic mass is 10.1. The van der Waals surface area contributed by atoms with Crippen molar-refractivity contribution in [2.24, 2.45) is 5.92 Å². The van der Waals surface area contributed by atoms with Gasteiger partial charge in [0.15, 0.2) is 0 Å². The van der Waals surface area contributed by atoms with Gasteiger partial charge < -0.3 is 4.90 Å². The molecule has 0 N–H and O–H groups in total. The number of rotatable bonds is 5. The molecule has 102 valence electrons. The number of halogens is 2. The topological polar surface area (TPSA) is 37.4 Å². The predicted molar refractivity (Wildman–Crippen MR) is 75.3 cm³/mol. The van der Waals surface area contributed by atoms with Crippen LogP contribution in [0.25, 0.3) is 0 Å². The molecule has 3 nitrogen and oxygen atoms in total. The van der Waals surface area contributed by atoms with Crippen LogP contribution in [0.3, 0.4) is 0 Å². The third-order valence-electron chi connectivity index (χ3n) is 3.29. The smallest absolute Gasteiger partial charge is 0.299 e. The summed E-state index contributed by atoms with van der Waals surface area (Å²) in [5.41, 5.74) is 0.702. The number of ketones is 1. The second-order valence-corrected chi connectivity index (χ2v) is 5.36. The molecule has 0 radical (unpaired) electrons. The first kappa shape index (κ1) is 14.2. The molecular formula is C14H15BrFNO2. The Morgan fingerprint density at radius 2 is 2.11 bits per heavy atom. The van der Waals surface area contributed by atoms with Crippen molar-refractivity contribution in [2.45, 2.75) is 19.8 Å². The van der Waals surface area contributed by atoms with E-state index < -0.39 is 17.5 Å². The van der Waals surface area contributed by atoms with Gasteiger partial charge in [0.25, 0.3) is 11.7 Å². The van der Waals surface area contributed by atoms with E-state index in [9.17, 15) is 14.0 Å². The summed E-state index contributed by atoms with van der Waals surface area (Å²) in [6.45, 7) is 2.51. The number of Topliss-reactive ketones (excluding diaryl/α,β-unsaturated/α-hetero) is 1. The second kappa shape index (κ2) is 5.82. The quantitative estimate of drug-likeness (QED) is 0.615. The maximum absolute atomic E-state index is 13.3. The van der Waals surface area contributed by atoms with Gasteiger partial charge in [0.1, 0.15) is 5.82 Å². The summed E-state index contributed by atoms with van der Waals surface area (Å²) in [7, 11) is 0. The number of benzene rings is 1. The highest BCUT2D eigenvalue weighted by Gasteiger charge is 2.36. The van der Waals surface area contributed by atoms with Crippen molar-refractivity contribution < 1.29 is 14.0 Å². The highest BCUT2D eigenvalue weighted by atomic mass is 79.9. The normalized spacial score (nSPS) is 15.8. The number of amides is 1. The number of anilines is 1. The Bertz CT molecular complexity index is 518. The summed E-state index contributed by atoms with van der Waals surface area (Å²) in [6, 6.07) is 3.85. The predicted octanol–water partition coefficient (Wildman–Crippen LogP) is 3.17. The lowest BCUT2D eigenvalue weighted by Crippen LogP contribution is -2.35. The van der Waals surface area contributed by atoms with Gasteiger partial charge in [-0.15, -0.1) is 0 Å². The molecule has 1 aliphatic rings. The third-order valence-corrected chi connectivity index (χ3v) is 4.21. The zero-order valence-corrected chi connectivity index (χ0v) is 12.2. The molecule has 1 atom stereocenters. The first-order chi connectivity index (χ1) is 9.08. The van der Waals surface area contributed by atoms with Gasteiger partial charge in [-0.25, -0.2) is 4.39 Å². The van der Waals surface area contributed by atoms with Crippen LogP contribution in [0.5, 0.6) is 0 Å². The SMILES string of the molecule is CCCC(CBr)CN1C(=O)C(=O)c2ccc(F)cc21. The summed E-state index contributed by atoms with van der Waals surface area (Å²) in [4.78, 5) is 25.2. The molecule has 0 aromatic heterocycles. The molecular weight excluding hydrogens is 313 g/mol. The maximum Gasteiger partial charge on any atom is 0.299 e. The minimum Gasteiger partial charge on any atom is -0.304 e. The Morgan fingerprint density at radius 3 is 2.74 bits per heavy atom. The van der Waals surface area contributed by atoms with E-state index in [1.165, 1.54) is 23.1 Å². The summed E-state index contributed by atoms with van der Waals surface area (Å²) in [5, 5.41) is 0.753. The zero-order valence-electron chi connectivity index (χ0n) is 10.7. The molecule has 1 aromatic carbocycles. The fourth-order valence-electron chi connectivity index (χ4n) is 2.33. The molecule has 1 amide bonds. The number of alkyl halides is 1. The van der Waals surface area contributed by atoms with Gasteiger partial charge >= 0.3 is 0 Å². The number of carbonyl (C=O) groups is 2. The van der Waals surface area contributed by atoms with E-state index in [1.807, 2.05) is 0 Å². The molecule has 0 fully saturated rings. The second-order valence-electron chi connectivity index (χ2n) is 4.72. The molecule has 1 aromatic rings. The monoisotopic (exact) mass is 327 g/mol. The molecule has 1 heterocycles. The minimum atomic E-state index is -0.553. The van der Waals surface area contributed by atoms with E-state index in [2.05, 4.69) is 22.9 Å². The molecule has 19 heavy (non-hydrogen) atoms. The number of hydrogen-bond acceptors (Lipinski definition) is 2. The van der Waals surface area contributed by atoms with E-state index in [0.29, 0.717) is 17.8 Å². The summed E-state index contributed by atoms with van der Waals surface area (Å²) in [6.07, 6.45) is 1.95. The summed E-state index contributed by atoms with van der Waals surface area (Å²) >= 11 is 3.42. The van der Waals surface area contributed by atoms with E-state index in [4.69, 9.17) is 0 Å². The molecule has 0 aliphatic carbocycles. The minimum absolute atomic E-state index is 0.260. The van der Waals surface area contributed by atoms with Crippen LogP contribution in [0.2, 0.25) is 0 Å². The van der Waals surface area contributed by atoms with E-state index in [1.54, 1.807) is 0 Å². The van der Waals surface area contributed by atoms with Crippen LogP contribution in [0.4, 0.5) is 10.1 Å². The number of carbonyl (C=O) groups excluding carboxylic acids is 2. The van der Waals surface area contributed by atoms with Gasteiger partial charge in [0, 0.05) is 11.9 Å². The summed E-state index contributed by atoms with van der Waals surface area (Å²) in [5.74, 6) is -1.27. The van der Waals surface area contributed by atoms with E-state index >= 15 is 0 Å². The number of fused-ring (bicyclic) bond motifs is 1. The van der Waals surface area contributed by atoms with Crippen molar-refractivity contribution in [1.82, 2.24) is 0 Å². The highest BCUT2D eigenvalue weighted by molar-refractivity contribution is 9.09. The lowest BCUT2D eigenvalue weighted by molar-refractivity contribution is -0.114. The Hall–Kier alpha value is -1.23. The Balaban J connectivity index is 2.29. The van der Waals surface area contributed by atoms with Crippen molar-refractivity contribution in [1.29, 1.82) is 0 Å². The van der Waals surface area contributed by atoms with Crippen LogP contribution in [0.15, 0.2) is 18.2 Å². The average molecular weight is 328 g/mol. The van der Waals surface area contributed by atoms with Crippen LogP contribution >= 0.6 is 15.9 Å². The van der Waals surface area contributed by atoms with E-state index in [-0.39, 0.29) is 5.92 Å². The number of hydrogen-bond donors (Lipinski definition) is 0. The Labute approximate surface area is 119 Å². The van der Waals surface area contributed by atoms with Crippen LogP contribution in [0.1, 0.15) is 30.1 Å². The molecule has 0 spiro atoms. The van der Waals surface area contributed by atoms with Gasteiger partial charge in [-0.3, -0.25) is 9.59 Å². The van der Waals surface area contributed by atoms with Crippen LogP contribution in [-0.2, 0) is 4.79 Å². The van der Waals surface area contributed by atoms with Gasteiger partial charge in [0.05, 0.1) is 11.3 Å². The molecule has 0 saturated heterocycles. The van der Waals surface area contributed by atoms with Crippen LogP contribution in [-0.4, -0.2) is 23.6 Å². The average Bonchev–Trinajstić information content (AvgIpc) is 2.62. The molecule has 1 unspecified atom stereocenters. The largest absolute Gasteiger partial charge is 0.304 e. The first-order valence-corrected chi connectivity index (χ1v) is 7.42. The van der Waals surface area contributed by atoms with Crippen molar-refractivity contribution in [3.63, 3.8) is 0 Å². The fraction of sp³-hybridized carbons (Fsp3) is 0.429. The highest BCUT2D eigenvalue weighted by Crippen LogP contribution is 2.31. The van der Waals surface area contributed by atoms with Gasteiger partial charge in [0.2, 0.25) is 0 Å². The van der Waals surface area contributed by atoms with Gasteiger partial charge in [-0.05, 0) is 30.5 Å². The van der Waals surface area contributed by atoms with Crippen molar-refractivity contribution in [3.8, 4) is 0 Å². The Kier molecular flexibility index (Phi) is 4.34. The van der Waals surface area contributed by atoms with Gasteiger partial charge in [-0.2, -0.15) is 0 Å². The van der Waals surface area contributed by atoms with Crippen molar-refractivity contribution >= 4 is 33.3 Å². The number of nitrogens with zero attached hydrogens (tertiary/aromatic N) is 1. The van der Waals surface area contributed by atoms with Gasteiger partial charge in [-0.1, -0.05) is 29.3 Å². The molecule has 1 aliphatic heterocycles. The third kappa shape index (κ3) is 2.71. The van der Waals surface area contributed by atoms with Crippen molar-refractivity contribution in [2.75, 3.05) is 16.8 Å². The van der Waals surface area contributed by atoms with E-state index in [0.717, 1.165) is 18.2 Å². The first-order valence-electron chi connectivity index (χ1n) is 6.30. The molecule has 0 saturated carbocycles. The fourth-order valence-corrected chi connectivity index (χ4v) is 2.86. The molecule has 5 heteroatoms. The van der Waals surface area contributed by atoms with Crippen LogP contribution in [0, 0.1) is 11.7 Å². The summed E-state index contributed by atoms with van der Waals surface area (Å²) < 4.78 is 13.3. The molecule has 0 bridgehead atoms. The molecule has 2 rings (SSSR count). The van der Waals surface area contributed by atoms with Crippen LogP contribution < -0.4 is 4.90 Å². The lowest BCUT2D eigenvalue weighted by Gasteiger charge is -2.22. The maximum atomic E-state index is 13.3. The van der Waals surface area contributed by atoms with Crippen molar-refractivity contribution in [3.05, 3.63) is 29.6 Å². The standard InChI is InChI=1S/C14H15BrFNO2/c1-2-3-9(7-15)8-17-12-6-10(16)4-5-11(12)13(18)14(17)19/h4-6,9H,2-3,7-8H2,1H3. The zero-order chi connectivity index (χ0) is 14.0. The Morgan fingerprint density at radius 1 is 1.37 bits per heavy atom.